The first-order valence-corrected chi connectivity index (χ1v) is 6.50. The molecule has 0 saturated heterocycles. The molecular formula is C11H15N3O2S. The summed E-state index contributed by atoms with van der Waals surface area (Å²) in [6.45, 7) is 1.71. The van der Waals surface area contributed by atoms with Crippen LogP contribution in [-0.4, -0.2) is 38.4 Å². The Labute approximate surface area is 104 Å². The molecule has 92 valence electrons. The van der Waals surface area contributed by atoms with E-state index in [1.165, 1.54) is 11.8 Å². The molecule has 1 fully saturated rings. The molecule has 5 nitrogen and oxygen atoms in total. The topological polar surface area (TPSA) is 75.1 Å². The molecule has 1 atom stereocenters. The van der Waals surface area contributed by atoms with Gasteiger partial charge in [0.2, 0.25) is 0 Å². The summed E-state index contributed by atoms with van der Waals surface area (Å²) in [5.74, 6) is -0.407. The van der Waals surface area contributed by atoms with E-state index in [1.807, 2.05) is 0 Å². The van der Waals surface area contributed by atoms with E-state index in [0.29, 0.717) is 17.0 Å². The number of nitrogens with zero attached hydrogens (tertiary/aromatic N) is 2. The highest BCUT2D eigenvalue weighted by molar-refractivity contribution is 7.99. The molecule has 2 rings (SSSR count). The van der Waals surface area contributed by atoms with Gasteiger partial charge < -0.3 is 5.11 Å². The average Bonchev–Trinajstić information content (AvgIpc) is 3.11. The van der Waals surface area contributed by atoms with Gasteiger partial charge >= 0.3 is 5.97 Å². The van der Waals surface area contributed by atoms with E-state index in [0.717, 1.165) is 12.8 Å². The largest absolute Gasteiger partial charge is 0.480 e. The van der Waals surface area contributed by atoms with Gasteiger partial charge in [-0.05, 0) is 25.8 Å². The minimum atomic E-state index is -0.912. The Morgan fingerprint density at radius 2 is 2.24 bits per heavy atom. The lowest BCUT2D eigenvalue weighted by Crippen LogP contribution is -2.52. The fourth-order valence-corrected chi connectivity index (χ4v) is 2.31. The minimum absolute atomic E-state index is 0.355. The average molecular weight is 253 g/mol. The van der Waals surface area contributed by atoms with Crippen molar-refractivity contribution in [1.82, 2.24) is 15.3 Å². The van der Waals surface area contributed by atoms with Gasteiger partial charge in [0.1, 0.15) is 5.54 Å². The maximum Gasteiger partial charge on any atom is 0.324 e. The summed E-state index contributed by atoms with van der Waals surface area (Å²) >= 11 is 1.36. The van der Waals surface area contributed by atoms with Crippen molar-refractivity contribution in [1.29, 1.82) is 0 Å². The molecule has 2 N–H and O–H groups in total. The van der Waals surface area contributed by atoms with E-state index < -0.39 is 11.5 Å². The molecule has 6 heteroatoms. The summed E-state index contributed by atoms with van der Waals surface area (Å²) in [5, 5.41) is 13.0. The molecular weight excluding hydrogens is 238 g/mol. The van der Waals surface area contributed by atoms with E-state index in [-0.39, 0.29) is 0 Å². The van der Waals surface area contributed by atoms with Crippen LogP contribution in [0.15, 0.2) is 23.6 Å². The molecule has 1 aromatic heterocycles. The van der Waals surface area contributed by atoms with Crippen LogP contribution >= 0.6 is 11.8 Å². The van der Waals surface area contributed by atoms with E-state index in [4.69, 9.17) is 0 Å². The number of nitrogens with one attached hydrogen (secondary N) is 1. The van der Waals surface area contributed by atoms with Crippen molar-refractivity contribution < 1.29 is 9.90 Å². The number of aliphatic carboxylic acids is 1. The number of rotatable bonds is 6. The maximum absolute atomic E-state index is 11.3. The van der Waals surface area contributed by atoms with Gasteiger partial charge in [0.15, 0.2) is 5.16 Å². The first kappa shape index (κ1) is 12.3. The molecule has 0 amide bonds. The van der Waals surface area contributed by atoms with Crippen LogP contribution in [-0.2, 0) is 4.79 Å². The summed E-state index contributed by atoms with van der Waals surface area (Å²) in [6.07, 6.45) is 5.44. The lowest BCUT2D eigenvalue weighted by atomic mass is 10.1. The van der Waals surface area contributed by atoms with E-state index in [2.05, 4.69) is 15.3 Å². The van der Waals surface area contributed by atoms with Crippen LogP contribution in [0.25, 0.3) is 0 Å². The van der Waals surface area contributed by atoms with Crippen LogP contribution in [0.5, 0.6) is 0 Å². The van der Waals surface area contributed by atoms with Gasteiger partial charge in [-0.3, -0.25) is 10.1 Å². The first-order valence-electron chi connectivity index (χ1n) is 5.51. The molecule has 0 radical (unpaired) electrons. The van der Waals surface area contributed by atoms with Crippen LogP contribution in [0.3, 0.4) is 0 Å². The lowest BCUT2D eigenvalue weighted by molar-refractivity contribution is -0.143. The Morgan fingerprint density at radius 3 is 2.76 bits per heavy atom. The number of carboxylic acid groups (broad SMARTS) is 1. The monoisotopic (exact) mass is 253 g/mol. The summed E-state index contributed by atoms with van der Waals surface area (Å²) < 4.78 is 0. The highest BCUT2D eigenvalue weighted by atomic mass is 32.2. The highest BCUT2D eigenvalue weighted by Crippen LogP contribution is 2.26. The Balaban J connectivity index is 1.95. The van der Waals surface area contributed by atoms with Gasteiger partial charge in [0.25, 0.3) is 0 Å². The fourth-order valence-electron chi connectivity index (χ4n) is 1.41. The summed E-state index contributed by atoms with van der Waals surface area (Å²) in [6, 6.07) is 2.09. The molecule has 0 aliphatic heterocycles. The molecule has 1 aromatic rings. The van der Waals surface area contributed by atoms with Crippen molar-refractivity contribution >= 4 is 17.7 Å². The Hall–Kier alpha value is -1.14. The summed E-state index contributed by atoms with van der Waals surface area (Å²) in [5.41, 5.74) is -0.912. The molecule has 1 heterocycles. The SMILES string of the molecule is CC(CSc1ncccn1)(NC1CC1)C(=O)O. The van der Waals surface area contributed by atoms with Crippen LogP contribution in [0.1, 0.15) is 19.8 Å². The van der Waals surface area contributed by atoms with Crippen LogP contribution in [0.2, 0.25) is 0 Å². The van der Waals surface area contributed by atoms with Crippen molar-refractivity contribution in [3.05, 3.63) is 18.5 Å². The zero-order chi connectivity index (χ0) is 12.3. The third-order valence-corrected chi connectivity index (χ3v) is 3.79. The van der Waals surface area contributed by atoms with Crippen molar-refractivity contribution in [3.8, 4) is 0 Å². The molecule has 1 aliphatic rings. The molecule has 1 saturated carbocycles. The first-order chi connectivity index (χ1) is 8.10. The van der Waals surface area contributed by atoms with Gasteiger partial charge in [-0.1, -0.05) is 11.8 Å². The summed E-state index contributed by atoms with van der Waals surface area (Å²) in [7, 11) is 0. The van der Waals surface area contributed by atoms with Gasteiger partial charge in [0.05, 0.1) is 0 Å². The summed E-state index contributed by atoms with van der Waals surface area (Å²) in [4.78, 5) is 19.4. The highest BCUT2D eigenvalue weighted by Gasteiger charge is 2.38. The second-order valence-corrected chi connectivity index (χ2v) is 5.32. The second kappa shape index (κ2) is 5.01. The van der Waals surface area contributed by atoms with Crippen LogP contribution in [0, 0.1) is 0 Å². The van der Waals surface area contributed by atoms with Crippen LogP contribution in [0.4, 0.5) is 0 Å². The van der Waals surface area contributed by atoms with Crippen molar-refractivity contribution in [2.24, 2.45) is 0 Å². The third-order valence-electron chi connectivity index (χ3n) is 2.60. The molecule has 0 bridgehead atoms. The number of carboxylic acids is 1. The van der Waals surface area contributed by atoms with Crippen molar-refractivity contribution in [2.45, 2.75) is 36.5 Å². The predicted octanol–water partition coefficient (Wildman–Crippen LogP) is 1.16. The molecule has 1 aliphatic carbocycles. The molecule has 0 aromatic carbocycles. The zero-order valence-corrected chi connectivity index (χ0v) is 10.4. The van der Waals surface area contributed by atoms with Gasteiger partial charge in [-0.25, -0.2) is 9.97 Å². The van der Waals surface area contributed by atoms with Crippen molar-refractivity contribution in [2.75, 3.05) is 5.75 Å². The molecule has 1 unspecified atom stereocenters. The zero-order valence-electron chi connectivity index (χ0n) is 9.59. The molecule has 0 spiro atoms. The standard InChI is InChI=1S/C11H15N3O2S/c1-11(9(15)16,14-8-3-4-8)7-17-10-12-5-2-6-13-10/h2,5-6,8,14H,3-4,7H2,1H3,(H,15,16). The Bertz CT molecular complexity index is 397. The van der Waals surface area contributed by atoms with E-state index in [1.54, 1.807) is 25.4 Å². The van der Waals surface area contributed by atoms with Gasteiger partial charge in [-0.15, -0.1) is 0 Å². The van der Waals surface area contributed by atoms with E-state index >= 15 is 0 Å². The fraction of sp³-hybridized carbons (Fsp3) is 0.545. The molecule has 17 heavy (non-hydrogen) atoms. The second-order valence-electron chi connectivity index (χ2n) is 4.38. The van der Waals surface area contributed by atoms with Gasteiger partial charge in [0, 0.05) is 24.2 Å². The Morgan fingerprint density at radius 1 is 1.59 bits per heavy atom. The third kappa shape index (κ3) is 3.41. The smallest absolute Gasteiger partial charge is 0.324 e. The number of thioether (sulfide) groups is 1. The lowest BCUT2D eigenvalue weighted by Gasteiger charge is -2.25. The predicted molar refractivity (Wildman–Crippen MR) is 65.0 cm³/mol. The van der Waals surface area contributed by atoms with E-state index in [9.17, 15) is 9.90 Å². The van der Waals surface area contributed by atoms with Crippen molar-refractivity contribution in [3.63, 3.8) is 0 Å². The quantitative estimate of drug-likeness (QED) is 0.585. The van der Waals surface area contributed by atoms with Gasteiger partial charge in [-0.2, -0.15) is 0 Å². The Kier molecular flexibility index (Phi) is 3.63. The minimum Gasteiger partial charge on any atom is -0.480 e. The van der Waals surface area contributed by atoms with Crippen LogP contribution < -0.4 is 5.32 Å². The number of aromatic nitrogens is 2. The maximum atomic E-state index is 11.3. The number of hydrogen-bond donors (Lipinski definition) is 2. The number of carbonyl (C=O) groups is 1. The number of hydrogen-bond acceptors (Lipinski definition) is 5. The normalized spacial score (nSPS) is 18.6.